The van der Waals surface area contributed by atoms with E-state index < -0.39 is 0 Å². The molecule has 1 aliphatic rings. The van der Waals surface area contributed by atoms with Crippen LogP contribution in [0.5, 0.6) is 5.75 Å². The van der Waals surface area contributed by atoms with E-state index in [0.29, 0.717) is 45.4 Å². The Bertz CT molecular complexity index is 1530. The van der Waals surface area contributed by atoms with Crippen molar-refractivity contribution in [1.82, 2.24) is 39.2 Å². The molecule has 1 unspecified atom stereocenters. The fraction of sp³-hybridized carbons (Fsp3) is 0.423. The Balaban J connectivity index is 1.47. The molecule has 1 fully saturated rings. The number of anilines is 3. The maximum Gasteiger partial charge on any atom is 0.210 e. The fourth-order valence-electron chi connectivity index (χ4n) is 4.80. The van der Waals surface area contributed by atoms with E-state index in [-0.39, 0.29) is 11.2 Å². The molecule has 5 heterocycles. The number of likely N-dealkylation sites (N-methyl/N-ethyl adjacent to an activating group) is 1. The van der Waals surface area contributed by atoms with Crippen molar-refractivity contribution >= 4 is 46.1 Å². The molecule has 0 aliphatic carbocycles. The molecule has 1 atom stereocenters. The highest BCUT2D eigenvalue weighted by Crippen LogP contribution is 2.36. The van der Waals surface area contributed by atoms with Crippen molar-refractivity contribution in [3.63, 3.8) is 0 Å². The van der Waals surface area contributed by atoms with Crippen LogP contribution < -0.4 is 21.1 Å². The number of ether oxygens (including phenoxy) is 1. The topological polar surface area (TPSA) is 137 Å². The van der Waals surface area contributed by atoms with Crippen LogP contribution in [0.25, 0.3) is 16.9 Å². The van der Waals surface area contributed by atoms with E-state index in [1.807, 2.05) is 11.6 Å². The van der Waals surface area contributed by atoms with Gasteiger partial charge in [0.25, 0.3) is 0 Å². The average molecular weight is 552 g/mol. The summed E-state index contributed by atoms with van der Waals surface area (Å²) in [6.45, 7) is 8.64. The van der Waals surface area contributed by atoms with Gasteiger partial charge >= 0.3 is 0 Å². The molecule has 4 N–H and O–H groups in total. The van der Waals surface area contributed by atoms with Gasteiger partial charge in [0.2, 0.25) is 5.95 Å². The maximum atomic E-state index is 6.82. The van der Waals surface area contributed by atoms with Gasteiger partial charge in [0.1, 0.15) is 16.2 Å². The second-order valence-corrected chi connectivity index (χ2v) is 11.1. The van der Waals surface area contributed by atoms with Gasteiger partial charge in [-0.05, 0) is 20.0 Å². The van der Waals surface area contributed by atoms with Crippen LogP contribution in [0.15, 0.2) is 30.9 Å². The van der Waals surface area contributed by atoms with Crippen LogP contribution in [0.3, 0.4) is 0 Å². The van der Waals surface area contributed by atoms with Crippen LogP contribution >= 0.6 is 11.6 Å². The number of halogens is 1. The van der Waals surface area contributed by atoms with Gasteiger partial charge in [-0.2, -0.15) is 10.1 Å². The molecule has 13 heteroatoms. The summed E-state index contributed by atoms with van der Waals surface area (Å²) < 4.78 is 10.1. The Morgan fingerprint density at radius 1 is 1.21 bits per heavy atom. The van der Waals surface area contributed by atoms with Crippen LogP contribution in [0.4, 0.5) is 17.6 Å². The maximum absolute atomic E-state index is 6.82. The number of hydrogen-bond donors (Lipinski definition) is 3. The Kier molecular flexibility index (Phi) is 7.08. The number of aromatic nitrogens is 7. The number of fused-ring (bicyclic) bond motifs is 1. The molecular formula is C26H34ClN11O. The number of hydrogen-bond acceptors (Lipinski definition) is 10. The largest absolute Gasteiger partial charge is 0.450 e. The third-order valence-electron chi connectivity index (χ3n) is 6.80. The van der Waals surface area contributed by atoms with Crippen molar-refractivity contribution in [2.24, 2.45) is 12.8 Å². The molecule has 0 aromatic carbocycles. The van der Waals surface area contributed by atoms with Gasteiger partial charge in [0.05, 0.1) is 12.2 Å². The lowest BCUT2D eigenvalue weighted by Crippen LogP contribution is -2.24. The van der Waals surface area contributed by atoms with Gasteiger partial charge in [-0.3, -0.25) is 4.68 Å². The molecule has 5 rings (SSSR count). The fourth-order valence-corrected chi connectivity index (χ4v) is 5.10. The van der Waals surface area contributed by atoms with E-state index >= 15 is 0 Å². The zero-order chi connectivity index (χ0) is 27.9. The van der Waals surface area contributed by atoms with Crippen molar-refractivity contribution < 1.29 is 4.74 Å². The number of nitrogens with one attached hydrogen (secondary N) is 2. The predicted molar refractivity (Wildman–Crippen MR) is 153 cm³/mol. The highest BCUT2D eigenvalue weighted by atomic mass is 35.5. The summed E-state index contributed by atoms with van der Waals surface area (Å²) in [5, 5.41) is 11.6. The molecule has 1 saturated heterocycles. The molecule has 4 aromatic rings. The van der Waals surface area contributed by atoms with Crippen LogP contribution in [-0.4, -0.2) is 66.4 Å². The summed E-state index contributed by atoms with van der Waals surface area (Å²) in [6.07, 6.45) is 7.03. The van der Waals surface area contributed by atoms with E-state index in [9.17, 15) is 0 Å². The first-order chi connectivity index (χ1) is 18.6. The third kappa shape index (κ3) is 5.09. The monoisotopic (exact) mass is 551 g/mol. The SMILES string of the molecule is CNc1nccnc1/C(=C\N)Oc1cnc2nc(Nc3cc(C(C)(C)C)n(C4CCN(C)C4)n3)n(C)c2c1Cl. The van der Waals surface area contributed by atoms with Crippen LogP contribution in [0.1, 0.15) is 44.6 Å². The number of pyridine rings is 1. The summed E-state index contributed by atoms with van der Waals surface area (Å²) in [6, 6.07) is 2.43. The van der Waals surface area contributed by atoms with E-state index in [2.05, 4.69) is 74.0 Å². The van der Waals surface area contributed by atoms with Crippen LogP contribution in [0, 0.1) is 0 Å². The summed E-state index contributed by atoms with van der Waals surface area (Å²) in [5.41, 5.74) is 8.50. The minimum atomic E-state index is -0.0674. The molecule has 4 aromatic heterocycles. The van der Waals surface area contributed by atoms with Crippen molar-refractivity contribution in [3.05, 3.63) is 47.3 Å². The lowest BCUT2D eigenvalue weighted by Gasteiger charge is -2.23. The molecular weight excluding hydrogens is 518 g/mol. The zero-order valence-corrected chi connectivity index (χ0v) is 23.8. The lowest BCUT2D eigenvalue weighted by molar-refractivity contribution is 0.366. The van der Waals surface area contributed by atoms with Crippen molar-refractivity contribution in [2.45, 2.75) is 38.6 Å². The smallest absolute Gasteiger partial charge is 0.210 e. The number of aryl methyl sites for hydroxylation is 1. The van der Waals surface area contributed by atoms with Crippen LogP contribution in [-0.2, 0) is 12.5 Å². The molecule has 0 radical (unpaired) electrons. The van der Waals surface area contributed by atoms with Crippen molar-refractivity contribution in [2.75, 3.05) is 37.8 Å². The van der Waals surface area contributed by atoms with E-state index in [1.54, 1.807) is 19.4 Å². The molecule has 0 bridgehead atoms. The number of nitrogens with zero attached hydrogens (tertiary/aromatic N) is 8. The molecule has 0 saturated carbocycles. The third-order valence-corrected chi connectivity index (χ3v) is 7.17. The summed E-state index contributed by atoms with van der Waals surface area (Å²) in [4.78, 5) is 20.1. The van der Waals surface area contributed by atoms with Crippen LogP contribution in [0.2, 0.25) is 5.02 Å². The first kappa shape index (κ1) is 26.7. The van der Waals surface area contributed by atoms with Gasteiger partial charge < -0.3 is 30.6 Å². The van der Waals surface area contributed by atoms with Crippen molar-refractivity contribution in [3.8, 4) is 5.75 Å². The Labute approximate surface area is 232 Å². The molecule has 206 valence electrons. The molecule has 39 heavy (non-hydrogen) atoms. The number of imidazole rings is 1. The molecule has 0 spiro atoms. The number of nitrogens with two attached hydrogens (primary N) is 1. The summed E-state index contributed by atoms with van der Waals surface area (Å²) in [7, 11) is 5.75. The Morgan fingerprint density at radius 3 is 2.64 bits per heavy atom. The van der Waals surface area contributed by atoms with Gasteiger partial charge in [-0.1, -0.05) is 32.4 Å². The first-order valence-electron chi connectivity index (χ1n) is 12.8. The van der Waals surface area contributed by atoms with Gasteiger partial charge in [0, 0.05) is 56.4 Å². The second-order valence-electron chi connectivity index (χ2n) is 10.7. The lowest BCUT2D eigenvalue weighted by atomic mass is 9.91. The Morgan fingerprint density at radius 2 is 1.97 bits per heavy atom. The van der Waals surface area contributed by atoms with Gasteiger partial charge in [-0.25, -0.2) is 15.0 Å². The highest BCUT2D eigenvalue weighted by Gasteiger charge is 2.29. The first-order valence-corrected chi connectivity index (χ1v) is 13.1. The second kappa shape index (κ2) is 10.3. The average Bonchev–Trinajstić information content (AvgIpc) is 3.61. The van der Waals surface area contributed by atoms with E-state index in [0.717, 1.165) is 25.3 Å². The number of rotatable bonds is 7. The summed E-state index contributed by atoms with van der Waals surface area (Å²) in [5.74, 6) is 2.40. The summed E-state index contributed by atoms with van der Waals surface area (Å²) >= 11 is 6.82. The van der Waals surface area contributed by atoms with Gasteiger partial charge in [0.15, 0.2) is 28.8 Å². The predicted octanol–water partition coefficient (Wildman–Crippen LogP) is 3.90. The standard InChI is InChI=1S/C26H34ClN11O/c1-26(2,3)18-11-19(35-38(18)15-7-10-36(5)14-15)33-25-34-24-22(37(25)6)20(27)17(13-32-24)39-16(12-28)21-23(29-4)31-9-8-30-21/h8-9,11-13,15H,7,10,14,28H2,1-6H3,(H,29,31)(H,32,33,34,35)/b16-12+. The molecule has 12 nitrogen and oxygen atoms in total. The Hall–Kier alpha value is -3.90. The van der Waals surface area contributed by atoms with E-state index in [4.69, 9.17) is 27.2 Å². The van der Waals surface area contributed by atoms with Gasteiger partial charge in [-0.15, -0.1) is 0 Å². The quantitative estimate of drug-likeness (QED) is 0.290. The van der Waals surface area contributed by atoms with E-state index in [1.165, 1.54) is 18.1 Å². The highest BCUT2D eigenvalue weighted by molar-refractivity contribution is 6.36. The normalized spacial score (nSPS) is 16.7. The zero-order valence-electron chi connectivity index (χ0n) is 23.0. The molecule has 1 aliphatic heterocycles. The molecule has 0 amide bonds. The van der Waals surface area contributed by atoms with Crippen molar-refractivity contribution in [1.29, 1.82) is 0 Å². The minimum Gasteiger partial charge on any atom is -0.450 e. The number of likely N-dealkylation sites (tertiary alicyclic amines) is 1. The minimum absolute atomic E-state index is 0.0674.